The largest absolute Gasteiger partial charge is 0.481 e. The lowest BCUT2D eigenvalue weighted by molar-refractivity contribution is -0.137. The van der Waals surface area contributed by atoms with Crippen molar-refractivity contribution in [2.45, 2.75) is 31.7 Å². The van der Waals surface area contributed by atoms with Gasteiger partial charge in [-0.05, 0) is 37.5 Å². The summed E-state index contributed by atoms with van der Waals surface area (Å²) in [6.45, 7) is 0.944. The van der Waals surface area contributed by atoms with E-state index in [9.17, 15) is 4.79 Å². The van der Waals surface area contributed by atoms with Gasteiger partial charge >= 0.3 is 5.97 Å². The zero-order valence-corrected chi connectivity index (χ0v) is 10.2. The fourth-order valence-corrected chi connectivity index (χ4v) is 2.52. The third kappa shape index (κ3) is 2.80. The van der Waals surface area contributed by atoms with Crippen LogP contribution < -0.4 is 4.90 Å². The molecular formula is C14H16N2O2. The van der Waals surface area contributed by atoms with Crippen LogP contribution in [-0.4, -0.2) is 23.7 Å². The Balaban J connectivity index is 2.10. The SMILES string of the molecule is N#Cc1cccc(N2CCCC2CCC(=O)O)c1. The first-order chi connectivity index (χ1) is 8.70. The monoisotopic (exact) mass is 244 g/mol. The number of nitriles is 1. The molecule has 0 amide bonds. The molecule has 1 aromatic rings. The van der Waals surface area contributed by atoms with Crippen LogP contribution in [0.15, 0.2) is 24.3 Å². The summed E-state index contributed by atoms with van der Waals surface area (Å²) in [5.41, 5.74) is 1.68. The highest BCUT2D eigenvalue weighted by Crippen LogP contribution is 2.28. The number of carboxylic acids is 1. The number of aliphatic carboxylic acids is 1. The molecule has 1 N–H and O–H groups in total. The van der Waals surface area contributed by atoms with Crippen molar-refractivity contribution in [2.75, 3.05) is 11.4 Å². The Morgan fingerprint density at radius 1 is 1.56 bits per heavy atom. The van der Waals surface area contributed by atoms with E-state index in [1.165, 1.54) is 0 Å². The number of carbonyl (C=O) groups is 1. The number of hydrogen-bond donors (Lipinski definition) is 1. The molecule has 18 heavy (non-hydrogen) atoms. The highest BCUT2D eigenvalue weighted by molar-refractivity contribution is 5.66. The molecule has 1 aromatic carbocycles. The van der Waals surface area contributed by atoms with Crippen LogP contribution in [-0.2, 0) is 4.79 Å². The second kappa shape index (κ2) is 5.54. The second-order valence-electron chi connectivity index (χ2n) is 4.58. The van der Waals surface area contributed by atoms with Crippen LogP contribution in [0.5, 0.6) is 0 Å². The Bertz CT molecular complexity index is 479. The standard InChI is InChI=1S/C14H16N2O2/c15-10-11-3-1-4-13(9-11)16-8-2-5-12(16)6-7-14(17)18/h1,3-4,9,12H,2,5-8H2,(H,17,18). The number of nitrogens with zero attached hydrogens (tertiary/aromatic N) is 2. The highest BCUT2D eigenvalue weighted by Gasteiger charge is 2.25. The van der Waals surface area contributed by atoms with Gasteiger partial charge in [-0.25, -0.2) is 0 Å². The molecule has 1 aliphatic heterocycles. The van der Waals surface area contributed by atoms with Gasteiger partial charge in [0, 0.05) is 24.7 Å². The molecule has 1 fully saturated rings. The number of benzene rings is 1. The van der Waals surface area contributed by atoms with Crippen LogP contribution in [0.1, 0.15) is 31.2 Å². The summed E-state index contributed by atoms with van der Waals surface area (Å²) in [6.07, 6.45) is 3.00. The van der Waals surface area contributed by atoms with Crippen LogP contribution in [0.3, 0.4) is 0 Å². The molecule has 1 saturated heterocycles. The fourth-order valence-electron chi connectivity index (χ4n) is 2.52. The second-order valence-corrected chi connectivity index (χ2v) is 4.58. The van der Waals surface area contributed by atoms with E-state index in [0.29, 0.717) is 12.0 Å². The third-order valence-corrected chi connectivity index (χ3v) is 3.38. The van der Waals surface area contributed by atoms with Crippen molar-refractivity contribution in [1.82, 2.24) is 0 Å². The molecule has 0 spiro atoms. The smallest absolute Gasteiger partial charge is 0.303 e. The van der Waals surface area contributed by atoms with Gasteiger partial charge in [0.2, 0.25) is 0 Å². The lowest BCUT2D eigenvalue weighted by atomic mass is 10.1. The number of hydrogen-bond acceptors (Lipinski definition) is 3. The molecule has 4 nitrogen and oxygen atoms in total. The van der Waals surface area contributed by atoms with Gasteiger partial charge in [-0.2, -0.15) is 5.26 Å². The van der Waals surface area contributed by atoms with Gasteiger partial charge < -0.3 is 10.0 Å². The normalized spacial score (nSPS) is 18.6. The van der Waals surface area contributed by atoms with Crippen molar-refractivity contribution in [1.29, 1.82) is 5.26 Å². The Hall–Kier alpha value is -2.02. The van der Waals surface area contributed by atoms with Crippen LogP contribution in [0.4, 0.5) is 5.69 Å². The maximum Gasteiger partial charge on any atom is 0.303 e. The maximum absolute atomic E-state index is 10.6. The molecule has 0 aromatic heterocycles. The molecule has 2 rings (SSSR count). The lowest BCUT2D eigenvalue weighted by Crippen LogP contribution is -2.29. The molecule has 1 heterocycles. The summed E-state index contributed by atoms with van der Waals surface area (Å²) in [5.74, 6) is -0.743. The third-order valence-electron chi connectivity index (χ3n) is 3.38. The van der Waals surface area contributed by atoms with Crippen molar-refractivity contribution in [2.24, 2.45) is 0 Å². The van der Waals surface area contributed by atoms with E-state index in [0.717, 1.165) is 25.1 Å². The summed E-state index contributed by atoms with van der Waals surface area (Å²) < 4.78 is 0. The fraction of sp³-hybridized carbons (Fsp3) is 0.429. The average molecular weight is 244 g/mol. The van der Waals surface area contributed by atoms with E-state index in [1.807, 2.05) is 18.2 Å². The molecule has 0 bridgehead atoms. The van der Waals surface area contributed by atoms with Crippen LogP contribution in [0.2, 0.25) is 0 Å². The average Bonchev–Trinajstić information content (AvgIpc) is 2.84. The maximum atomic E-state index is 10.6. The van der Waals surface area contributed by atoms with Crippen molar-refractivity contribution in [3.05, 3.63) is 29.8 Å². The topological polar surface area (TPSA) is 64.3 Å². The Kier molecular flexibility index (Phi) is 3.83. The number of anilines is 1. The van der Waals surface area contributed by atoms with Gasteiger partial charge in [0.1, 0.15) is 0 Å². The first-order valence-electron chi connectivity index (χ1n) is 6.19. The van der Waals surface area contributed by atoms with E-state index in [-0.39, 0.29) is 12.5 Å². The molecular weight excluding hydrogens is 228 g/mol. The predicted molar refractivity (Wildman–Crippen MR) is 68.4 cm³/mol. The first-order valence-corrected chi connectivity index (χ1v) is 6.19. The molecule has 0 aliphatic carbocycles. The minimum atomic E-state index is -0.743. The molecule has 4 heteroatoms. The van der Waals surface area contributed by atoms with Crippen molar-refractivity contribution in [3.63, 3.8) is 0 Å². The van der Waals surface area contributed by atoms with E-state index < -0.39 is 5.97 Å². The molecule has 1 atom stereocenters. The van der Waals surface area contributed by atoms with E-state index >= 15 is 0 Å². The Labute approximate surface area is 106 Å². The van der Waals surface area contributed by atoms with Crippen LogP contribution in [0, 0.1) is 11.3 Å². The summed E-state index contributed by atoms with van der Waals surface area (Å²) >= 11 is 0. The van der Waals surface area contributed by atoms with Gasteiger partial charge in [0.05, 0.1) is 11.6 Å². The number of carboxylic acid groups (broad SMARTS) is 1. The van der Waals surface area contributed by atoms with E-state index in [4.69, 9.17) is 10.4 Å². The molecule has 94 valence electrons. The van der Waals surface area contributed by atoms with Gasteiger partial charge in [0.25, 0.3) is 0 Å². The van der Waals surface area contributed by atoms with Gasteiger partial charge in [0.15, 0.2) is 0 Å². The van der Waals surface area contributed by atoms with Gasteiger partial charge in [-0.15, -0.1) is 0 Å². The van der Waals surface area contributed by atoms with Crippen molar-refractivity contribution >= 4 is 11.7 Å². The molecule has 1 unspecified atom stereocenters. The van der Waals surface area contributed by atoms with Gasteiger partial charge in [-0.1, -0.05) is 6.07 Å². The summed E-state index contributed by atoms with van der Waals surface area (Å²) in [6, 6.07) is 9.94. The predicted octanol–water partition coefficient (Wildman–Crippen LogP) is 2.39. The zero-order valence-electron chi connectivity index (χ0n) is 10.2. The lowest BCUT2D eigenvalue weighted by Gasteiger charge is -2.26. The highest BCUT2D eigenvalue weighted by atomic mass is 16.4. The van der Waals surface area contributed by atoms with Gasteiger partial charge in [-0.3, -0.25) is 4.79 Å². The van der Waals surface area contributed by atoms with Crippen molar-refractivity contribution < 1.29 is 9.90 Å². The first kappa shape index (κ1) is 12.4. The van der Waals surface area contributed by atoms with Crippen molar-refractivity contribution in [3.8, 4) is 6.07 Å². The Morgan fingerprint density at radius 2 is 2.39 bits per heavy atom. The minimum absolute atomic E-state index is 0.207. The van der Waals surface area contributed by atoms with E-state index in [2.05, 4.69) is 11.0 Å². The molecule has 1 aliphatic rings. The molecule has 0 radical (unpaired) electrons. The summed E-state index contributed by atoms with van der Waals surface area (Å²) in [4.78, 5) is 12.9. The Morgan fingerprint density at radius 3 is 3.11 bits per heavy atom. The van der Waals surface area contributed by atoms with Crippen LogP contribution in [0.25, 0.3) is 0 Å². The zero-order chi connectivity index (χ0) is 13.0. The quantitative estimate of drug-likeness (QED) is 0.883. The molecule has 0 saturated carbocycles. The van der Waals surface area contributed by atoms with Crippen LogP contribution >= 0.6 is 0 Å². The number of rotatable bonds is 4. The van der Waals surface area contributed by atoms with E-state index in [1.54, 1.807) is 6.07 Å². The summed E-state index contributed by atoms with van der Waals surface area (Å²) in [7, 11) is 0. The minimum Gasteiger partial charge on any atom is -0.481 e. The summed E-state index contributed by atoms with van der Waals surface area (Å²) in [5, 5.41) is 17.7.